The summed E-state index contributed by atoms with van der Waals surface area (Å²) in [6.07, 6.45) is 5.33. The number of anilines is 1. The highest BCUT2D eigenvalue weighted by atomic mass is 35.5. The fraction of sp³-hybridized carbons (Fsp3) is 0.625. The van der Waals surface area contributed by atoms with E-state index in [0.29, 0.717) is 17.6 Å². The highest BCUT2D eigenvalue weighted by molar-refractivity contribution is 6.30. The Morgan fingerprint density at radius 1 is 1.40 bits per heavy atom. The number of benzene rings is 1. The highest BCUT2D eigenvalue weighted by Crippen LogP contribution is 2.58. The minimum Gasteiger partial charge on any atom is -0.495 e. The van der Waals surface area contributed by atoms with Gasteiger partial charge in [-0.05, 0) is 44.4 Å². The predicted molar refractivity (Wildman–Crippen MR) is 81.7 cm³/mol. The lowest BCUT2D eigenvalue weighted by molar-refractivity contribution is -0.157. The van der Waals surface area contributed by atoms with Gasteiger partial charge in [-0.2, -0.15) is 0 Å². The van der Waals surface area contributed by atoms with E-state index in [0.717, 1.165) is 29.5 Å². The molecule has 110 valence electrons. The summed E-state index contributed by atoms with van der Waals surface area (Å²) < 4.78 is 11.3. The third kappa shape index (κ3) is 2.17. The number of ether oxygens (including phenoxy) is 2. The number of hydrogen-bond acceptors (Lipinski definition) is 3. The molecule has 3 nitrogen and oxygen atoms in total. The van der Waals surface area contributed by atoms with Crippen LogP contribution in [0, 0.1) is 5.41 Å². The molecule has 2 aliphatic carbocycles. The number of methoxy groups -OCH3 is 1. The molecular formula is C16H22ClNO2. The summed E-state index contributed by atoms with van der Waals surface area (Å²) in [5, 5.41) is 4.36. The largest absolute Gasteiger partial charge is 0.495 e. The van der Waals surface area contributed by atoms with Gasteiger partial charge in [-0.25, -0.2) is 0 Å². The Labute approximate surface area is 125 Å². The second-order valence-electron chi connectivity index (χ2n) is 5.81. The van der Waals surface area contributed by atoms with Gasteiger partial charge in [0.25, 0.3) is 0 Å². The van der Waals surface area contributed by atoms with E-state index in [1.807, 2.05) is 18.2 Å². The highest BCUT2D eigenvalue weighted by Gasteiger charge is 2.59. The van der Waals surface area contributed by atoms with Gasteiger partial charge in [0.05, 0.1) is 18.9 Å². The van der Waals surface area contributed by atoms with Gasteiger partial charge in [0.1, 0.15) is 5.75 Å². The molecule has 1 aromatic carbocycles. The van der Waals surface area contributed by atoms with Crippen molar-refractivity contribution in [2.24, 2.45) is 5.41 Å². The maximum atomic E-state index is 6.10. The Balaban J connectivity index is 1.74. The van der Waals surface area contributed by atoms with Gasteiger partial charge in [-0.15, -0.1) is 0 Å². The van der Waals surface area contributed by atoms with Crippen molar-refractivity contribution in [1.29, 1.82) is 0 Å². The van der Waals surface area contributed by atoms with Crippen molar-refractivity contribution in [3.05, 3.63) is 23.2 Å². The van der Waals surface area contributed by atoms with Crippen molar-refractivity contribution in [3.8, 4) is 5.75 Å². The van der Waals surface area contributed by atoms with E-state index in [4.69, 9.17) is 21.1 Å². The monoisotopic (exact) mass is 295 g/mol. The van der Waals surface area contributed by atoms with Crippen molar-refractivity contribution in [1.82, 2.24) is 0 Å². The van der Waals surface area contributed by atoms with Crippen molar-refractivity contribution >= 4 is 17.3 Å². The van der Waals surface area contributed by atoms with Gasteiger partial charge >= 0.3 is 0 Å². The Morgan fingerprint density at radius 2 is 2.20 bits per heavy atom. The van der Waals surface area contributed by atoms with E-state index in [2.05, 4.69) is 12.2 Å². The number of hydrogen-bond donors (Lipinski definition) is 1. The van der Waals surface area contributed by atoms with E-state index in [9.17, 15) is 0 Å². The summed E-state index contributed by atoms with van der Waals surface area (Å²) in [6, 6.07) is 6.19. The SMILES string of the molecule is CCOC1CC(Nc2cc(Cl)ccc2OC)C12CCC2. The van der Waals surface area contributed by atoms with Crippen molar-refractivity contribution < 1.29 is 9.47 Å². The standard InChI is InChI=1S/C16H22ClNO2/c1-3-20-15-10-14(16(15)7-4-8-16)18-12-9-11(17)5-6-13(12)19-2/h5-6,9,14-15,18H,3-4,7-8,10H2,1-2H3. The molecule has 0 radical (unpaired) electrons. The predicted octanol–water partition coefficient (Wildman–Crippen LogP) is 4.11. The summed E-state index contributed by atoms with van der Waals surface area (Å²) in [6.45, 7) is 2.88. The molecule has 0 heterocycles. The molecule has 0 aromatic heterocycles. The fourth-order valence-electron chi connectivity index (χ4n) is 3.62. The molecule has 2 atom stereocenters. The van der Waals surface area contributed by atoms with Gasteiger partial charge in [0, 0.05) is 23.1 Å². The van der Waals surface area contributed by atoms with E-state index in [1.165, 1.54) is 19.3 Å². The van der Waals surface area contributed by atoms with Crippen LogP contribution in [0.15, 0.2) is 18.2 Å². The molecule has 0 aliphatic heterocycles. The van der Waals surface area contributed by atoms with E-state index < -0.39 is 0 Å². The molecule has 0 saturated heterocycles. The molecule has 0 bridgehead atoms. The first-order valence-electron chi connectivity index (χ1n) is 7.41. The third-order valence-electron chi connectivity index (χ3n) is 4.93. The Hall–Kier alpha value is -0.930. The molecule has 0 amide bonds. The summed E-state index contributed by atoms with van der Waals surface area (Å²) in [4.78, 5) is 0. The lowest BCUT2D eigenvalue weighted by Gasteiger charge is -2.61. The first-order valence-corrected chi connectivity index (χ1v) is 7.79. The van der Waals surface area contributed by atoms with Gasteiger partial charge in [0.15, 0.2) is 0 Å². The summed E-state index contributed by atoms with van der Waals surface area (Å²) in [5.74, 6) is 0.851. The van der Waals surface area contributed by atoms with E-state index >= 15 is 0 Å². The summed E-state index contributed by atoms with van der Waals surface area (Å²) >= 11 is 6.10. The summed E-state index contributed by atoms with van der Waals surface area (Å²) in [5.41, 5.74) is 1.33. The summed E-state index contributed by atoms with van der Waals surface area (Å²) in [7, 11) is 1.69. The topological polar surface area (TPSA) is 30.5 Å². The minimum atomic E-state index is 0.337. The smallest absolute Gasteiger partial charge is 0.142 e. The molecule has 2 fully saturated rings. The van der Waals surface area contributed by atoms with Crippen LogP contribution < -0.4 is 10.1 Å². The van der Waals surface area contributed by atoms with Crippen LogP contribution in [-0.4, -0.2) is 25.9 Å². The molecule has 2 aliphatic rings. The van der Waals surface area contributed by atoms with Crippen LogP contribution in [0.25, 0.3) is 0 Å². The molecule has 3 rings (SSSR count). The van der Waals surface area contributed by atoms with E-state index in [1.54, 1.807) is 7.11 Å². The molecule has 4 heteroatoms. The van der Waals surface area contributed by atoms with E-state index in [-0.39, 0.29) is 0 Å². The molecule has 1 aromatic rings. The van der Waals surface area contributed by atoms with Gasteiger partial charge in [-0.1, -0.05) is 18.0 Å². The van der Waals surface area contributed by atoms with Crippen LogP contribution in [0.4, 0.5) is 5.69 Å². The van der Waals surface area contributed by atoms with Crippen molar-refractivity contribution in [3.63, 3.8) is 0 Å². The molecule has 1 spiro atoms. The zero-order valence-electron chi connectivity index (χ0n) is 12.1. The second-order valence-corrected chi connectivity index (χ2v) is 6.24. The normalized spacial score (nSPS) is 26.8. The zero-order chi connectivity index (χ0) is 14.2. The lowest BCUT2D eigenvalue weighted by atomic mass is 9.51. The second kappa shape index (κ2) is 5.45. The Bertz CT molecular complexity index is 487. The lowest BCUT2D eigenvalue weighted by Crippen LogP contribution is -2.64. The number of halogens is 1. The van der Waals surface area contributed by atoms with Gasteiger partial charge in [-0.3, -0.25) is 0 Å². The molecule has 2 unspecified atom stereocenters. The maximum absolute atomic E-state index is 6.10. The molecule has 1 N–H and O–H groups in total. The number of nitrogens with one attached hydrogen (secondary N) is 1. The molecular weight excluding hydrogens is 274 g/mol. The van der Waals surface area contributed by atoms with Crippen LogP contribution in [-0.2, 0) is 4.74 Å². The average Bonchev–Trinajstić information content (AvgIpc) is 2.35. The van der Waals surface area contributed by atoms with Crippen LogP contribution in [0.5, 0.6) is 5.75 Å². The van der Waals surface area contributed by atoms with Crippen LogP contribution in [0.1, 0.15) is 32.6 Å². The van der Waals surface area contributed by atoms with Crippen molar-refractivity contribution in [2.75, 3.05) is 19.0 Å². The Kier molecular flexibility index (Phi) is 3.83. The van der Waals surface area contributed by atoms with Gasteiger partial charge < -0.3 is 14.8 Å². The van der Waals surface area contributed by atoms with Crippen LogP contribution in [0.3, 0.4) is 0 Å². The first kappa shape index (κ1) is 14.0. The maximum Gasteiger partial charge on any atom is 0.142 e. The third-order valence-corrected chi connectivity index (χ3v) is 5.16. The van der Waals surface area contributed by atoms with Crippen LogP contribution in [0.2, 0.25) is 5.02 Å². The molecule has 20 heavy (non-hydrogen) atoms. The minimum absolute atomic E-state index is 0.337. The quantitative estimate of drug-likeness (QED) is 0.887. The Morgan fingerprint density at radius 3 is 2.80 bits per heavy atom. The zero-order valence-corrected chi connectivity index (χ0v) is 12.9. The number of rotatable bonds is 5. The molecule has 2 saturated carbocycles. The van der Waals surface area contributed by atoms with Crippen LogP contribution >= 0.6 is 11.6 Å². The average molecular weight is 296 g/mol. The van der Waals surface area contributed by atoms with Crippen molar-refractivity contribution in [2.45, 2.75) is 44.8 Å². The van der Waals surface area contributed by atoms with Gasteiger partial charge in [0.2, 0.25) is 0 Å². The first-order chi connectivity index (χ1) is 9.69. The fourth-order valence-corrected chi connectivity index (χ4v) is 3.79.